The van der Waals surface area contributed by atoms with Crippen molar-refractivity contribution in [3.63, 3.8) is 0 Å². The summed E-state index contributed by atoms with van der Waals surface area (Å²) >= 11 is 6.13. The monoisotopic (exact) mass is 558 g/mol. The molecule has 4 aromatic rings. The van der Waals surface area contributed by atoms with Gasteiger partial charge in [-0.15, -0.1) is 0 Å². The summed E-state index contributed by atoms with van der Waals surface area (Å²) in [5, 5.41) is 21.0. The lowest BCUT2D eigenvalue weighted by Gasteiger charge is -2.23. The molecule has 4 N–H and O–H groups in total. The molecule has 4 rings (SSSR count). The minimum atomic E-state index is -0.161. The van der Waals surface area contributed by atoms with E-state index in [9.17, 15) is 5.11 Å². The Morgan fingerprint density at radius 2 is 1.35 bits per heavy atom. The molecule has 2 heterocycles. The average molecular weight is 559 g/mol. The van der Waals surface area contributed by atoms with E-state index in [1.165, 1.54) is 11.1 Å². The van der Waals surface area contributed by atoms with Gasteiger partial charge in [0.25, 0.3) is 0 Å². The van der Waals surface area contributed by atoms with Crippen LogP contribution in [-0.4, -0.2) is 52.8 Å². The van der Waals surface area contributed by atoms with Crippen LogP contribution in [0.15, 0.2) is 97.3 Å². The van der Waals surface area contributed by atoms with Crippen LogP contribution in [0, 0.1) is 0 Å². The van der Waals surface area contributed by atoms with Crippen molar-refractivity contribution in [2.75, 3.05) is 32.8 Å². The molecule has 0 spiro atoms. The van der Waals surface area contributed by atoms with Crippen LogP contribution in [0.3, 0.4) is 0 Å². The molecule has 0 fully saturated rings. The fourth-order valence-electron chi connectivity index (χ4n) is 4.46. The first-order chi connectivity index (χ1) is 19.7. The molecule has 1 unspecified atom stereocenters. The van der Waals surface area contributed by atoms with Gasteiger partial charge in [0.1, 0.15) is 0 Å². The van der Waals surface area contributed by atoms with Crippen LogP contribution in [0.2, 0.25) is 5.02 Å². The Morgan fingerprint density at radius 1 is 0.725 bits per heavy atom. The summed E-state index contributed by atoms with van der Waals surface area (Å²) in [6, 6.07) is 28.2. The van der Waals surface area contributed by atoms with Gasteiger partial charge in [-0.1, -0.05) is 60.1 Å². The molecular formula is C32H39ClN6O. The van der Waals surface area contributed by atoms with Gasteiger partial charge >= 0.3 is 0 Å². The summed E-state index contributed by atoms with van der Waals surface area (Å²) in [6.07, 6.45) is 3.66. The highest BCUT2D eigenvalue weighted by Gasteiger charge is 2.11. The lowest BCUT2D eigenvalue weighted by molar-refractivity contribution is 0.243. The zero-order chi connectivity index (χ0) is 27.8. The molecular weight excluding hydrogens is 520 g/mol. The highest BCUT2D eigenvalue weighted by molar-refractivity contribution is 6.30. The predicted molar refractivity (Wildman–Crippen MR) is 162 cm³/mol. The minimum absolute atomic E-state index is 0.0100. The Kier molecular flexibility index (Phi) is 12.5. The second-order valence-corrected chi connectivity index (χ2v) is 10.2. The number of hydrogen-bond donors (Lipinski definition) is 4. The van der Waals surface area contributed by atoms with Gasteiger partial charge in [0.15, 0.2) is 0 Å². The van der Waals surface area contributed by atoms with E-state index >= 15 is 0 Å². The van der Waals surface area contributed by atoms with Crippen LogP contribution in [0.25, 0.3) is 0 Å². The molecule has 0 radical (unpaired) electrons. The van der Waals surface area contributed by atoms with Crippen LogP contribution >= 0.6 is 11.6 Å². The van der Waals surface area contributed by atoms with Crippen molar-refractivity contribution in [1.82, 2.24) is 30.8 Å². The maximum atomic E-state index is 9.87. The van der Waals surface area contributed by atoms with Crippen molar-refractivity contribution in [3.05, 3.63) is 130 Å². The van der Waals surface area contributed by atoms with E-state index in [1.807, 2.05) is 73.1 Å². The van der Waals surface area contributed by atoms with Gasteiger partial charge in [0.2, 0.25) is 0 Å². The van der Waals surface area contributed by atoms with Crippen LogP contribution in [0.1, 0.15) is 34.1 Å². The van der Waals surface area contributed by atoms with E-state index in [1.54, 1.807) is 0 Å². The van der Waals surface area contributed by atoms with Gasteiger partial charge in [-0.2, -0.15) is 0 Å². The molecule has 0 bridgehead atoms. The molecule has 8 heteroatoms. The molecule has 2 aromatic heterocycles. The molecule has 2 aromatic carbocycles. The van der Waals surface area contributed by atoms with E-state index in [2.05, 4.69) is 55.1 Å². The first kappa shape index (κ1) is 29.8. The number of aliphatic hydroxyl groups is 1. The van der Waals surface area contributed by atoms with Crippen molar-refractivity contribution in [1.29, 1.82) is 0 Å². The number of aromatic nitrogens is 2. The highest BCUT2D eigenvalue weighted by Crippen LogP contribution is 2.18. The average Bonchev–Trinajstić information content (AvgIpc) is 2.99. The number of nitrogens with one attached hydrogen (secondary N) is 3. The van der Waals surface area contributed by atoms with Crippen molar-refractivity contribution >= 4 is 11.6 Å². The number of halogens is 1. The smallest absolute Gasteiger partial charge is 0.0626 e. The number of aliphatic hydroxyl groups excluding tert-OH is 1. The van der Waals surface area contributed by atoms with Crippen molar-refractivity contribution in [2.45, 2.75) is 32.2 Å². The summed E-state index contributed by atoms with van der Waals surface area (Å²) in [6.45, 7) is 6.68. The zero-order valence-corrected chi connectivity index (χ0v) is 23.6. The Hall–Kier alpha value is -3.17. The third-order valence-corrected chi connectivity index (χ3v) is 6.92. The maximum Gasteiger partial charge on any atom is 0.0626 e. The van der Waals surface area contributed by atoms with Gasteiger partial charge in [-0.25, -0.2) is 0 Å². The fraction of sp³-hybridized carbons (Fsp3) is 0.312. The number of pyridine rings is 2. The normalized spacial score (nSPS) is 12.1. The largest absolute Gasteiger partial charge is 0.394 e. The summed E-state index contributed by atoms with van der Waals surface area (Å²) in [4.78, 5) is 11.3. The molecule has 40 heavy (non-hydrogen) atoms. The van der Waals surface area contributed by atoms with Crippen LogP contribution in [0.5, 0.6) is 0 Å². The second kappa shape index (κ2) is 16.8. The summed E-state index contributed by atoms with van der Waals surface area (Å²) in [7, 11) is 0. The van der Waals surface area contributed by atoms with E-state index in [-0.39, 0.29) is 12.6 Å². The third-order valence-electron chi connectivity index (χ3n) is 6.69. The first-order valence-corrected chi connectivity index (χ1v) is 14.2. The van der Waals surface area contributed by atoms with Crippen LogP contribution in [-0.2, 0) is 26.2 Å². The Bertz CT molecular complexity index is 1200. The van der Waals surface area contributed by atoms with Crippen LogP contribution < -0.4 is 16.0 Å². The number of rotatable bonds is 17. The van der Waals surface area contributed by atoms with Gasteiger partial charge in [0, 0.05) is 69.8 Å². The standard InChI is InChI=1S/C32H39ClN6O/c33-29-7-5-6-28(20-29)32(25-40)38-21-26-10-12-27(13-11-26)24-39(18-16-34-22-30-8-1-3-14-36-30)19-17-35-23-31-9-2-4-15-37-31/h1-15,20,32,34-35,38,40H,16-19,21-25H2. The quantitative estimate of drug-likeness (QED) is 0.143. The third kappa shape index (κ3) is 10.4. The minimum Gasteiger partial charge on any atom is -0.394 e. The second-order valence-electron chi connectivity index (χ2n) is 9.76. The van der Waals surface area contributed by atoms with Gasteiger partial charge in [-0.05, 0) is 53.1 Å². The topological polar surface area (TPSA) is 85.3 Å². The maximum absolute atomic E-state index is 9.87. The Balaban J connectivity index is 1.27. The van der Waals surface area contributed by atoms with Crippen LogP contribution in [0.4, 0.5) is 0 Å². The number of nitrogens with zero attached hydrogens (tertiary/aromatic N) is 3. The molecule has 0 amide bonds. The first-order valence-electron chi connectivity index (χ1n) is 13.8. The van der Waals surface area contributed by atoms with Gasteiger partial charge in [0.05, 0.1) is 24.0 Å². The lowest BCUT2D eigenvalue weighted by Crippen LogP contribution is -2.36. The Morgan fingerprint density at radius 3 is 1.90 bits per heavy atom. The Labute approximate surface area is 242 Å². The molecule has 0 aliphatic rings. The lowest BCUT2D eigenvalue weighted by atomic mass is 10.1. The summed E-state index contributed by atoms with van der Waals surface area (Å²) in [5.74, 6) is 0. The molecule has 0 aliphatic heterocycles. The van der Waals surface area contributed by atoms with E-state index in [0.717, 1.165) is 62.8 Å². The van der Waals surface area contributed by atoms with Crippen molar-refractivity contribution < 1.29 is 5.11 Å². The fourth-order valence-corrected chi connectivity index (χ4v) is 4.65. The van der Waals surface area contributed by atoms with Gasteiger partial charge in [-0.3, -0.25) is 14.9 Å². The molecule has 7 nitrogen and oxygen atoms in total. The summed E-state index contributed by atoms with van der Waals surface area (Å²) < 4.78 is 0. The number of hydrogen-bond acceptors (Lipinski definition) is 7. The van der Waals surface area contributed by atoms with E-state index in [0.29, 0.717) is 11.6 Å². The van der Waals surface area contributed by atoms with Crippen molar-refractivity contribution in [3.8, 4) is 0 Å². The molecule has 0 aliphatic carbocycles. The molecule has 0 saturated carbocycles. The highest BCUT2D eigenvalue weighted by atomic mass is 35.5. The molecule has 0 saturated heterocycles. The van der Waals surface area contributed by atoms with Crippen molar-refractivity contribution in [2.24, 2.45) is 0 Å². The summed E-state index contributed by atoms with van der Waals surface area (Å²) in [5.41, 5.74) is 5.52. The van der Waals surface area contributed by atoms with E-state index < -0.39 is 0 Å². The number of benzene rings is 2. The predicted octanol–water partition coefficient (Wildman–Crippen LogP) is 4.33. The van der Waals surface area contributed by atoms with E-state index in [4.69, 9.17) is 11.6 Å². The molecule has 1 atom stereocenters. The zero-order valence-electron chi connectivity index (χ0n) is 22.8. The van der Waals surface area contributed by atoms with Gasteiger partial charge < -0.3 is 21.1 Å². The SMILES string of the molecule is OCC(NCc1ccc(CN(CCNCc2ccccn2)CCNCc2ccccn2)cc1)c1cccc(Cl)c1. The molecule has 210 valence electrons.